The minimum Gasteiger partial charge on any atom is -0.298 e. The number of pyridine rings is 1. The molecule has 1 aromatic rings. The Morgan fingerprint density at radius 3 is 2.42 bits per heavy atom. The number of halogens is 2. The molecule has 66 valence electrons. The molecule has 4 nitrogen and oxygen atoms in total. The van der Waals surface area contributed by atoms with E-state index in [0.717, 1.165) is 12.1 Å². The molecule has 0 saturated carbocycles. The summed E-state index contributed by atoms with van der Waals surface area (Å²) < 4.78 is 33.4. The predicted molar refractivity (Wildman–Crippen MR) is 40.1 cm³/mol. The van der Waals surface area contributed by atoms with E-state index >= 15 is 0 Å². The van der Waals surface area contributed by atoms with Crippen LogP contribution < -0.4 is 5.56 Å². The molecule has 0 aliphatic carbocycles. The fourth-order valence-corrected chi connectivity index (χ4v) is 1.50. The van der Waals surface area contributed by atoms with Crippen molar-refractivity contribution in [2.75, 3.05) is 0 Å². The minimum atomic E-state index is -4.09. The van der Waals surface area contributed by atoms with Gasteiger partial charge < -0.3 is 0 Å². The molecule has 0 atom stereocenters. The van der Waals surface area contributed by atoms with Crippen LogP contribution in [0.4, 0.5) is 4.39 Å². The van der Waals surface area contributed by atoms with Gasteiger partial charge in [0.2, 0.25) is 0 Å². The highest BCUT2D eigenvalue weighted by molar-refractivity contribution is 8.13. The van der Waals surface area contributed by atoms with Crippen molar-refractivity contribution in [1.29, 1.82) is 0 Å². The molecule has 0 fully saturated rings. The summed E-state index contributed by atoms with van der Waals surface area (Å²) >= 11 is 0. The SMILES string of the molecule is O=c1[nH]c(F)ccc1S(=O)(=O)Cl. The lowest BCUT2D eigenvalue weighted by Gasteiger charge is -1.92. The Morgan fingerprint density at radius 1 is 1.42 bits per heavy atom. The highest BCUT2D eigenvalue weighted by atomic mass is 35.7. The van der Waals surface area contributed by atoms with Crippen molar-refractivity contribution < 1.29 is 12.8 Å². The monoisotopic (exact) mass is 211 g/mol. The Labute approximate surface area is 71.4 Å². The molecule has 1 aromatic heterocycles. The normalized spacial score (nSPS) is 11.5. The maximum Gasteiger partial charge on any atom is 0.270 e. The van der Waals surface area contributed by atoms with E-state index < -0.39 is 25.5 Å². The van der Waals surface area contributed by atoms with Crippen LogP contribution in [0.25, 0.3) is 0 Å². The van der Waals surface area contributed by atoms with Crippen LogP contribution >= 0.6 is 10.7 Å². The third kappa shape index (κ3) is 1.83. The zero-order valence-corrected chi connectivity index (χ0v) is 7.12. The Kier molecular flexibility index (Phi) is 2.20. The number of hydrogen-bond acceptors (Lipinski definition) is 3. The topological polar surface area (TPSA) is 67.0 Å². The zero-order valence-electron chi connectivity index (χ0n) is 5.54. The standard InChI is InChI=1S/C5H3ClFNO3S/c6-12(10,11)3-1-2-4(7)8-5(3)9/h1-2H,(H,8,9). The van der Waals surface area contributed by atoms with E-state index in [1.807, 2.05) is 0 Å². The van der Waals surface area contributed by atoms with Crippen LogP contribution in [0.2, 0.25) is 0 Å². The van der Waals surface area contributed by atoms with Crippen molar-refractivity contribution in [2.45, 2.75) is 4.90 Å². The summed E-state index contributed by atoms with van der Waals surface area (Å²) in [5.41, 5.74) is -1.06. The van der Waals surface area contributed by atoms with E-state index in [1.54, 1.807) is 4.98 Å². The van der Waals surface area contributed by atoms with Gasteiger partial charge in [0.15, 0.2) is 5.95 Å². The molecule has 12 heavy (non-hydrogen) atoms. The Morgan fingerprint density at radius 2 is 2.00 bits per heavy atom. The largest absolute Gasteiger partial charge is 0.298 e. The summed E-state index contributed by atoms with van der Waals surface area (Å²) in [6.45, 7) is 0. The fourth-order valence-electron chi connectivity index (χ4n) is 0.628. The average molecular weight is 212 g/mol. The van der Waals surface area contributed by atoms with Gasteiger partial charge >= 0.3 is 0 Å². The van der Waals surface area contributed by atoms with Gasteiger partial charge in [-0.25, -0.2) is 8.42 Å². The number of aromatic nitrogens is 1. The van der Waals surface area contributed by atoms with E-state index in [2.05, 4.69) is 0 Å². The molecule has 0 unspecified atom stereocenters. The van der Waals surface area contributed by atoms with Crippen molar-refractivity contribution in [3.8, 4) is 0 Å². The molecular weight excluding hydrogens is 209 g/mol. The second-order valence-corrected chi connectivity index (χ2v) is 4.47. The van der Waals surface area contributed by atoms with Gasteiger partial charge in [-0.15, -0.1) is 0 Å². The number of hydrogen-bond donors (Lipinski definition) is 1. The van der Waals surface area contributed by atoms with Gasteiger partial charge in [-0.1, -0.05) is 0 Å². The first kappa shape index (κ1) is 9.21. The fraction of sp³-hybridized carbons (Fsp3) is 0. The zero-order chi connectivity index (χ0) is 9.35. The minimum absolute atomic E-state index is 0.662. The second kappa shape index (κ2) is 2.87. The second-order valence-electron chi connectivity index (χ2n) is 1.94. The molecule has 0 saturated heterocycles. The molecule has 0 aliphatic rings. The highest BCUT2D eigenvalue weighted by Gasteiger charge is 2.14. The molecule has 0 aliphatic heterocycles. The molecular formula is C5H3ClFNO3S. The average Bonchev–Trinajstić information content (AvgIpc) is 1.83. The van der Waals surface area contributed by atoms with Crippen LogP contribution in [0.5, 0.6) is 0 Å². The van der Waals surface area contributed by atoms with Gasteiger partial charge in [-0.05, 0) is 12.1 Å². The molecule has 0 aromatic carbocycles. The van der Waals surface area contributed by atoms with Crippen molar-refractivity contribution in [3.05, 3.63) is 28.4 Å². The summed E-state index contributed by atoms with van der Waals surface area (Å²) in [5.74, 6) is -0.913. The van der Waals surface area contributed by atoms with Gasteiger partial charge in [0.05, 0.1) is 0 Å². The lowest BCUT2D eigenvalue weighted by Crippen LogP contribution is -2.14. The quantitative estimate of drug-likeness (QED) is 0.542. The van der Waals surface area contributed by atoms with Gasteiger partial charge in [0.25, 0.3) is 14.6 Å². The van der Waals surface area contributed by atoms with Gasteiger partial charge in [0, 0.05) is 10.7 Å². The lowest BCUT2D eigenvalue weighted by atomic mass is 10.5. The van der Waals surface area contributed by atoms with Crippen LogP contribution in [-0.2, 0) is 9.05 Å². The van der Waals surface area contributed by atoms with Gasteiger partial charge in [0.1, 0.15) is 4.90 Å². The van der Waals surface area contributed by atoms with Crippen LogP contribution in [0.3, 0.4) is 0 Å². The highest BCUT2D eigenvalue weighted by Crippen LogP contribution is 2.08. The van der Waals surface area contributed by atoms with Crippen molar-refractivity contribution in [3.63, 3.8) is 0 Å². The lowest BCUT2D eigenvalue weighted by molar-refractivity contribution is 0.573. The van der Waals surface area contributed by atoms with Crippen LogP contribution in [0.1, 0.15) is 0 Å². The van der Waals surface area contributed by atoms with E-state index in [4.69, 9.17) is 10.7 Å². The molecule has 1 rings (SSSR count). The third-order valence-electron chi connectivity index (χ3n) is 1.10. The van der Waals surface area contributed by atoms with E-state index in [1.165, 1.54) is 0 Å². The first-order valence-corrected chi connectivity index (χ1v) is 5.05. The smallest absolute Gasteiger partial charge is 0.270 e. The summed E-state index contributed by atoms with van der Waals surface area (Å²) in [7, 11) is 0.757. The van der Waals surface area contributed by atoms with E-state index in [0.29, 0.717) is 0 Å². The summed E-state index contributed by atoms with van der Waals surface area (Å²) in [5, 5.41) is 0. The van der Waals surface area contributed by atoms with E-state index in [-0.39, 0.29) is 0 Å². The Hall–Kier alpha value is -0.880. The maximum atomic E-state index is 12.2. The first-order chi connectivity index (χ1) is 5.41. The van der Waals surface area contributed by atoms with Gasteiger partial charge in [-0.2, -0.15) is 4.39 Å². The molecule has 7 heteroatoms. The number of rotatable bonds is 1. The summed E-state index contributed by atoms with van der Waals surface area (Å²) in [6, 6.07) is 1.60. The van der Waals surface area contributed by atoms with E-state index in [9.17, 15) is 17.6 Å². The van der Waals surface area contributed by atoms with Crippen LogP contribution in [-0.4, -0.2) is 13.4 Å². The Balaban J connectivity index is 3.50. The molecule has 1 heterocycles. The van der Waals surface area contributed by atoms with Crippen molar-refractivity contribution in [2.24, 2.45) is 0 Å². The first-order valence-electron chi connectivity index (χ1n) is 2.75. The molecule has 0 amide bonds. The molecule has 1 N–H and O–H groups in total. The summed E-state index contributed by atoms with van der Waals surface area (Å²) in [4.78, 5) is 11.7. The number of aromatic amines is 1. The maximum absolute atomic E-state index is 12.2. The molecule has 0 bridgehead atoms. The van der Waals surface area contributed by atoms with Gasteiger partial charge in [-0.3, -0.25) is 9.78 Å². The van der Waals surface area contributed by atoms with Crippen molar-refractivity contribution >= 4 is 19.7 Å². The number of nitrogens with one attached hydrogen (secondary N) is 1. The summed E-state index contributed by atoms with van der Waals surface area (Å²) in [6.07, 6.45) is 0. The van der Waals surface area contributed by atoms with Crippen LogP contribution in [0.15, 0.2) is 21.8 Å². The number of H-pyrrole nitrogens is 1. The molecule has 0 spiro atoms. The van der Waals surface area contributed by atoms with Crippen molar-refractivity contribution in [1.82, 2.24) is 4.98 Å². The Bertz CT molecular complexity index is 452. The van der Waals surface area contributed by atoms with Crippen LogP contribution in [0, 0.1) is 5.95 Å². The predicted octanol–water partition coefficient (Wildman–Crippen LogP) is 0.442. The third-order valence-corrected chi connectivity index (χ3v) is 2.45. The molecule has 0 radical (unpaired) electrons.